The zero-order valence-corrected chi connectivity index (χ0v) is 13.2. The van der Waals surface area contributed by atoms with Crippen molar-refractivity contribution in [1.82, 2.24) is 4.90 Å². The smallest absolute Gasteiger partial charge is 0.119 e. The first-order valence-corrected chi connectivity index (χ1v) is 8.66. The van der Waals surface area contributed by atoms with Gasteiger partial charge in [0.25, 0.3) is 0 Å². The van der Waals surface area contributed by atoms with Crippen LogP contribution >= 0.6 is 11.8 Å². The minimum absolute atomic E-state index is 0.114. The first-order valence-electron chi connectivity index (χ1n) is 7.51. The van der Waals surface area contributed by atoms with Crippen LogP contribution in [0.15, 0.2) is 24.3 Å². The number of nitrogens with zero attached hydrogens (tertiary/aromatic N) is 1. The summed E-state index contributed by atoms with van der Waals surface area (Å²) in [6.07, 6.45) is 1.80. The Labute approximate surface area is 131 Å². The fourth-order valence-corrected chi connectivity index (χ4v) is 3.09. The van der Waals surface area contributed by atoms with Crippen LogP contribution < -0.4 is 4.74 Å². The lowest BCUT2D eigenvalue weighted by molar-refractivity contribution is 0.219. The SMILES string of the molecule is OCCC#Cc1ccc(OCCN2CCCSCC2)cc1. The van der Waals surface area contributed by atoms with Gasteiger partial charge in [-0.1, -0.05) is 11.8 Å². The summed E-state index contributed by atoms with van der Waals surface area (Å²) in [5, 5.41) is 8.68. The van der Waals surface area contributed by atoms with E-state index in [2.05, 4.69) is 16.7 Å². The topological polar surface area (TPSA) is 32.7 Å². The molecule has 1 N–H and O–H groups in total. The van der Waals surface area contributed by atoms with Gasteiger partial charge in [-0.25, -0.2) is 0 Å². The summed E-state index contributed by atoms with van der Waals surface area (Å²) in [4.78, 5) is 2.48. The van der Waals surface area contributed by atoms with Gasteiger partial charge in [0.1, 0.15) is 12.4 Å². The maximum Gasteiger partial charge on any atom is 0.119 e. The molecule has 0 saturated carbocycles. The minimum atomic E-state index is 0.114. The molecule has 4 heteroatoms. The average molecular weight is 305 g/mol. The Hall–Kier alpha value is -1.15. The second kappa shape index (κ2) is 9.73. The normalized spacial score (nSPS) is 15.9. The van der Waals surface area contributed by atoms with Crippen LogP contribution in [0, 0.1) is 11.8 Å². The van der Waals surface area contributed by atoms with Gasteiger partial charge in [0.2, 0.25) is 0 Å². The minimum Gasteiger partial charge on any atom is -0.492 e. The monoisotopic (exact) mass is 305 g/mol. The molecule has 0 atom stereocenters. The van der Waals surface area contributed by atoms with Crippen LogP contribution in [0.4, 0.5) is 0 Å². The quantitative estimate of drug-likeness (QED) is 0.846. The van der Waals surface area contributed by atoms with Gasteiger partial charge in [0, 0.05) is 30.8 Å². The van der Waals surface area contributed by atoms with Gasteiger partial charge in [0.05, 0.1) is 6.61 Å². The van der Waals surface area contributed by atoms with Crippen molar-refractivity contribution in [3.8, 4) is 17.6 Å². The second-order valence-corrected chi connectivity index (χ2v) is 6.18. The Morgan fingerprint density at radius 3 is 2.86 bits per heavy atom. The van der Waals surface area contributed by atoms with Crippen molar-refractivity contribution in [2.75, 3.05) is 44.4 Å². The predicted molar refractivity (Wildman–Crippen MR) is 88.9 cm³/mol. The van der Waals surface area contributed by atoms with Crippen molar-refractivity contribution in [2.24, 2.45) is 0 Å². The summed E-state index contributed by atoms with van der Waals surface area (Å²) in [7, 11) is 0. The van der Waals surface area contributed by atoms with Gasteiger partial charge >= 0.3 is 0 Å². The number of aliphatic hydroxyl groups excluding tert-OH is 1. The van der Waals surface area contributed by atoms with E-state index < -0.39 is 0 Å². The van der Waals surface area contributed by atoms with E-state index in [4.69, 9.17) is 9.84 Å². The fraction of sp³-hybridized carbons (Fsp3) is 0.529. The van der Waals surface area contributed by atoms with E-state index in [1.54, 1.807) is 0 Å². The second-order valence-electron chi connectivity index (χ2n) is 4.96. The number of rotatable bonds is 5. The molecule has 1 saturated heterocycles. The van der Waals surface area contributed by atoms with Gasteiger partial charge in [-0.05, 0) is 43.0 Å². The molecule has 0 radical (unpaired) electrons. The lowest BCUT2D eigenvalue weighted by atomic mass is 10.2. The Bertz CT molecular complexity index is 456. The van der Waals surface area contributed by atoms with Crippen LogP contribution in [-0.2, 0) is 0 Å². The molecule has 0 unspecified atom stereocenters. The molecule has 1 fully saturated rings. The number of hydrogen-bond acceptors (Lipinski definition) is 4. The van der Waals surface area contributed by atoms with E-state index in [0.29, 0.717) is 6.42 Å². The lowest BCUT2D eigenvalue weighted by Gasteiger charge is -2.19. The van der Waals surface area contributed by atoms with E-state index in [0.717, 1.165) is 24.5 Å². The number of aliphatic hydroxyl groups is 1. The summed E-state index contributed by atoms with van der Waals surface area (Å²) >= 11 is 2.05. The van der Waals surface area contributed by atoms with E-state index in [1.807, 2.05) is 36.0 Å². The van der Waals surface area contributed by atoms with Crippen LogP contribution in [0.25, 0.3) is 0 Å². The van der Waals surface area contributed by atoms with Crippen molar-refractivity contribution in [3.05, 3.63) is 29.8 Å². The summed E-state index contributed by atoms with van der Waals surface area (Å²) in [5.74, 6) is 9.35. The first kappa shape index (κ1) is 16.2. The first-order chi connectivity index (χ1) is 10.4. The maximum atomic E-state index is 8.68. The highest BCUT2D eigenvalue weighted by Gasteiger charge is 2.08. The highest BCUT2D eigenvalue weighted by molar-refractivity contribution is 7.99. The van der Waals surface area contributed by atoms with Crippen LogP contribution in [0.5, 0.6) is 5.75 Å². The molecule has 0 amide bonds. The third kappa shape index (κ3) is 6.43. The Kier molecular flexibility index (Phi) is 7.51. The predicted octanol–water partition coefficient (Wildman–Crippen LogP) is 2.24. The van der Waals surface area contributed by atoms with Crippen molar-refractivity contribution in [3.63, 3.8) is 0 Å². The van der Waals surface area contributed by atoms with Gasteiger partial charge in [-0.3, -0.25) is 4.90 Å². The lowest BCUT2D eigenvalue weighted by Crippen LogP contribution is -2.30. The highest BCUT2D eigenvalue weighted by atomic mass is 32.2. The molecule has 0 bridgehead atoms. The van der Waals surface area contributed by atoms with Crippen LogP contribution in [0.1, 0.15) is 18.4 Å². The van der Waals surface area contributed by atoms with Crippen LogP contribution in [0.2, 0.25) is 0 Å². The van der Waals surface area contributed by atoms with Gasteiger partial charge in [-0.2, -0.15) is 11.8 Å². The summed E-state index contributed by atoms with van der Waals surface area (Å²) in [6, 6.07) is 7.84. The molecule has 114 valence electrons. The van der Waals surface area contributed by atoms with Gasteiger partial charge < -0.3 is 9.84 Å². The molecule has 1 aliphatic rings. The molecule has 1 aromatic carbocycles. The molecule has 1 heterocycles. The van der Waals surface area contributed by atoms with Crippen molar-refractivity contribution >= 4 is 11.8 Å². The molecule has 1 aliphatic heterocycles. The van der Waals surface area contributed by atoms with Crippen LogP contribution in [-0.4, -0.2) is 54.4 Å². The van der Waals surface area contributed by atoms with E-state index in [-0.39, 0.29) is 6.61 Å². The third-order valence-corrected chi connectivity index (χ3v) is 4.36. The molecule has 1 aromatic rings. The highest BCUT2D eigenvalue weighted by Crippen LogP contribution is 2.13. The van der Waals surface area contributed by atoms with E-state index >= 15 is 0 Å². The van der Waals surface area contributed by atoms with E-state index in [1.165, 1.54) is 31.0 Å². The fourth-order valence-electron chi connectivity index (χ4n) is 2.17. The van der Waals surface area contributed by atoms with Crippen molar-refractivity contribution in [2.45, 2.75) is 12.8 Å². The maximum absolute atomic E-state index is 8.68. The third-order valence-electron chi connectivity index (χ3n) is 3.31. The molecule has 0 aliphatic carbocycles. The molecule has 2 rings (SSSR count). The average Bonchev–Trinajstić information content (AvgIpc) is 2.78. The molecular weight excluding hydrogens is 282 g/mol. The van der Waals surface area contributed by atoms with E-state index in [9.17, 15) is 0 Å². The number of thioether (sulfide) groups is 1. The zero-order chi connectivity index (χ0) is 14.8. The standard InChI is InChI=1S/C17H23NO2S/c19-12-2-1-4-16-5-7-17(8-6-16)20-13-10-18-9-3-14-21-15-11-18/h5-8,19H,2-3,9-15H2. The van der Waals surface area contributed by atoms with Crippen LogP contribution in [0.3, 0.4) is 0 Å². The van der Waals surface area contributed by atoms with Gasteiger partial charge in [0.15, 0.2) is 0 Å². The largest absolute Gasteiger partial charge is 0.492 e. The van der Waals surface area contributed by atoms with Crippen molar-refractivity contribution in [1.29, 1.82) is 0 Å². The Morgan fingerprint density at radius 2 is 2.05 bits per heavy atom. The number of benzene rings is 1. The molecule has 3 nitrogen and oxygen atoms in total. The van der Waals surface area contributed by atoms with Crippen molar-refractivity contribution < 1.29 is 9.84 Å². The molecule has 0 aromatic heterocycles. The Morgan fingerprint density at radius 1 is 1.19 bits per heavy atom. The summed E-state index contributed by atoms with van der Waals surface area (Å²) < 4.78 is 5.79. The summed E-state index contributed by atoms with van der Waals surface area (Å²) in [5.41, 5.74) is 0.959. The number of ether oxygens (including phenoxy) is 1. The molecule has 0 spiro atoms. The summed E-state index contributed by atoms with van der Waals surface area (Å²) in [6.45, 7) is 4.21. The zero-order valence-electron chi connectivity index (χ0n) is 12.4. The Balaban J connectivity index is 1.72. The number of hydrogen-bond donors (Lipinski definition) is 1. The molecule has 21 heavy (non-hydrogen) atoms. The van der Waals surface area contributed by atoms with Gasteiger partial charge in [-0.15, -0.1) is 0 Å². The molecular formula is C17H23NO2S.